The predicted octanol–water partition coefficient (Wildman–Crippen LogP) is 3.63. The quantitative estimate of drug-likeness (QED) is 0.227. The van der Waals surface area contributed by atoms with E-state index in [1.54, 1.807) is 12.1 Å². The van der Waals surface area contributed by atoms with Crippen LogP contribution in [0, 0.1) is 11.8 Å². The first kappa shape index (κ1) is 28.3. The molecule has 1 fully saturated rings. The number of methoxy groups -OCH3 is 1. The minimum absolute atomic E-state index is 0.0157. The number of imidazole rings is 1. The summed E-state index contributed by atoms with van der Waals surface area (Å²) < 4.78 is 61.5. The molecule has 39 heavy (non-hydrogen) atoms. The zero-order valence-corrected chi connectivity index (χ0v) is 22.2. The Kier molecular flexibility index (Phi) is 8.71. The molecule has 0 aromatic carbocycles. The van der Waals surface area contributed by atoms with Crippen molar-refractivity contribution in [3.05, 3.63) is 42.0 Å². The number of thioether (sulfide) groups is 1. The lowest BCUT2D eigenvalue weighted by molar-refractivity contribution is -0.0330. The molecule has 3 aromatic rings. The molecule has 0 bridgehead atoms. The summed E-state index contributed by atoms with van der Waals surface area (Å²) in [7, 11) is 4.75. The SMILES string of the molecule is CNC(=O)c1cc(NCC#Cc2nc3c(N[C@@H]4CCN(C)C[C@@H]4F)cccn3c2SC(F)(F)F)c(OC)cn1. The van der Waals surface area contributed by atoms with Gasteiger partial charge in [0.1, 0.15) is 22.6 Å². The second-order valence-corrected chi connectivity index (χ2v) is 9.80. The van der Waals surface area contributed by atoms with Crippen LogP contribution in [0.25, 0.3) is 5.65 Å². The molecule has 1 aliphatic heterocycles. The number of hydrogen-bond acceptors (Lipinski definition) is 8. The highest BCUT2D eigenvalue weighted by molar-refractivity contribution is 8.00. The summed E-state index contributed by atoms with van der Waals surface area (Å²) in [6.45, 7) is 0.976. The molecule has 4 heterocycles. The standard InChI is InChI=1S/C25H27F4N7O2S/c1-30-23(37)20-12-19(21(38-3)13-32-20)31-9-4-6-18-24(39-25(27,28)29)36-10-5-7-17(22(36)34-18)33-16-8-11-35(2)14-15(16)26/h5,7,10,12-13,15-16,33H,8-9,11,14H2,1-3H3,(H,30,37)(H,31,32)/t15-,16+/m0/s1. The number of alkyl halides is 4. The molecule has 9 nitrogen and oxygen atoms in total. The maximum Gasteiger partial charge on any atom is 0.447 e. The zero-order valence-electron chi connectivity index (χ0n) is 21.4. The van der Waals surface area contributed by atoms with Gasteiger partial charge >= 0.3 is 5.51 Å². The second kappa shape index (κ2) is 12.0. The first-order chi connectivity index (χ1) is 18.6. The van der Waals surface area contributed by atoms with Gasteiger partial charge < -0.3 is 25.6 Å². The highest BCUT2D eigenvalue weighted by Crippen LogP contribution is 2.39. The van der Waals surface area contributed by atoms with Crippen molar-refractivity contribution in [3.8, 4) is 17.6 Å². The number of carbonyl (C=O) groups excluding carboxylic acids is 1. The van der Waals surface area contributed by atoms with Gasteiger partial charge in [0.25, 0.3) is 5.91 Å². The minimum atomic E-state index is -4.58. The number of carbonyl (C=O) groups is 1. The number of nitrogens with zero attached hydrogens (tertiary/aromatic N) is 4. The number of pyridine rings is 2. The van der Waals surface area contributed by atoms with Crippen LogP contribution in [0.15, 0.2) is 35.6 Å². The number of rotatable bonds is 7. The number of fused-ring (bicyclic) bond motifs is 1. The van der Waals surface area contributed by atoms with E-state index in [-0.39, 0.29) is 46.9 Å². The average Bonchev–Trinajstić information content (AvgIpc) is 3.24. The topological polar surface area (TPSA) is 95.8 Å². The summed E-state index contributed by atoms with van der Waals surface area (Å²) in [6, 6.07) is 4.23. The highest BCUT2D eigenvalue weighted by Gasteiger charge is 2.33. The van der Waals surface area contributed by atoms with Crippen LogP contribution >= 0.6 is 11.8 Å². The molecule has 4 rings (SSSR count). The zero-order chi connectivity index (χ0) is 28.2. The fourth-order valence-electron chi connectivity index (χ4n) is 4.13. The normalized spacial score (nSPS) is 17.8. The van der Waals surface area contributed by atoms with Gasteiger partial charge in [0.2, 0.25) is 0 Å². The van der Waals surface area contributed by atoms with Crippen LogP contribution in [0.3, 0.4) is 0 Å². The van der Waals surface area contributed by atoms with Crippen molar-refractivity contribution in [1.82, 2.24) is 24.6 Å². The molecule has 3 aromatic heterocycles. The van der Waals surface area contributed by atoms with E-state index in [1.165, 1.54) is 37.0 Å². The van der Waals surface area contributed by atoms with E-state index in [0.717, 1.165) is 0 Å². The van der Waals surface area contributed by atoms with Gasteiger partial charge in [0.15, 0.2) is 11.4 Å². The van der Waals surface area contributed by atoms with Crippen molar-refractivity contribution < 1.29 is 27.1 Å². The Morgan fingerprint density at radius 1 is 1.33 bits per heavy atom. The third-order valence-electron chi connectivity index (χ3n) is 6.03. The number of halogens is 4. The first-order valence-electron chi connectivity index (χ1n) is 11.9. The number of piperidine rings is 1. The van der Waals surface area contributed by atoms with E-state index >= 15 is 0 Å². The van der Waals surface area contributed by atoms with Gasteiger partial charge in [-0.3, -0.25) is 9.20 Å². The van der Waals surface area contributed by atoms with E-state index < -0.39 is 23.6 Å². The van der Waals surface area contributed by atoms with Crippen molar-refractivity contribution in [2.75, 3.05) is 51.5 Å². The number of hydrogen-bond donors (Lipinski definition) is 3. The summed E-state index contributed by atoms with van der Waals surface area (Å²) in [5.41, 5.74) is -3.41. The van der Waals surface area contributed by atoms with Crippen molar-refractivity contribution in [2.24, 2.45) is 0 Å². The molecule has 208 valence electrons. The summed E-state index contributed by atoms with van der Waals surface area (Å²) >= 11 is -0.316. The molecule has 0 radical (unpaired) electrons. The lowest BCUT2D eigenvalue weighted by Gasteiger charge is -2.33. The third kappa shape index (κ3) is 6.85. The molecule has 0 saturated carbocycles. The summed E-state index contributed by atoms with van der Waals surface area (Å²) in [4.78, 5) is 22.2. The maximum absolute atomic E-state index is 14.6. The number of nitrogens with one attached hydrogen (secondary N) is 3. The number of amides is 1. The Balaban J connectivity index is 1.61. The molecule has 1 aliphatic rings. The fourth-order valence-corrected chi connectivity index (χ4v) is 4.79. The first-order valence-corrected chi connectivity index (χ1v) is 12.8. The van der Waals surface area contributed by atoms with E-state index in [0.29, 0.717) is 30.1 Å². The van der Waals surface area contributed by atoms with Crippen molar-refractivity contribution in [1.29, 1.82) is 0 Å². The van der Waals surface area contributed by atoms with Gasteiger partial charge in [-0.05, 0) is 37.6 Å². The smallest absolute Gasteiger partial charge is 0.447 e. The van der Waals surface area contributed by atoms with E-state index in [4.69, 9.17) is 4.74 Å². The molecule has 2 atom stereocenters. The Hall–Kier alpha value is -3.70. The third-order valence-corrected chi connectivity index (χ3v) is 6.84. The number of aromatic nitrogens is 3. The van der Waals surface area contributed by atoms with Crippen LogP contribution in [0.4, 0.5) is 28.9 Å². The Morgan fingerprint density at radius 3 is 2.82 bits per heavy atom. The second-order valence-electron chi connectivity index (χ2n) is 8.75. The Bertz CT molecular complexity index is 1400. The average molecular weight is 566 g/mol. The van der Waals surface area contributed by atoms with Crippen LogP contribution in [-0.4, -0.2) is 83.7 Å². The van der Waals surface area contributed by atoms with Crippen molar-refractivity contribution in [3.63, 3.8) is 0 Å². The summed E-state index contributed by atoms with van der Waals surface area (Å²) in [5.74, 6) is 5.47. The van der Waals surface area contributed by atoms with Crippen LogP contribution in [0.2, 0.25) is 0 Å². The van der Waals surface area contributed by atoms with Crippen molar-refractivity contribution in [2.45, 2.75) is 29.2 Å². The molecule has 14 heteroatoms. The molecule has 0 spiro atoms. The number of ether oxygens (including phenoxy) is 1. The summed E-state index contributed by atoms with van der Waals surface area (Å²) in [5, 5.41) is 8.40. The molecule has 1 amide bonds. The van der Waals surface area contributed by atoms with E-state index in [1.807, 2.05) is 11.9 Å². The van der Waals surface area contributed by atoms with Gasteiger partial charge in [-0.25, -0.2) is 14.4 Å². The molecular weight excluding hydrogens is 538 g/mol. The maximum atomic E-state index is 14.6. The van der Waals surface area contributed by atoms with Gasteiger partial charge in [-0.2, -0.15) is 13.2 Å². The van der Waals surface area contributed by atoms with Crippen LogP contribution < -0.4 is 20.7 Å². The molecule has 0 aliphatic carbocycles. The largest absolute Gasteiger partial charge is 0.493 e. The number of likely N-dealkylation sites (tertiary alicyclic amines) is 1. The molecular formula is C25H27F4N7O2S. The molecule has 3 N–H and O–H groups in total. The van der Waals surface area contributed by atoms with E-state index in [2.05, 4.69) is 37.8 Å². The van der Waals surface area contributed by atoms with Crippen LogP contribution in [0.5, 0.6) is 5.75 Å². The summed E-state index contributed by atoms with van der Waals surface area (Å²) in [6.07, 6.45) is 2.25. The molecule has 0 unspecified atom stereocenters. The van der Waals surface area contributed by atoms with Crippen molar-refractivity contribution >= 4 is 34.7 Å². The Labute approximate surface area is 226 Å². The van der Waals surface area contributed by atoms with Gasteiger partial charge in [0.05, 0.1) is 37.3 Å². The lowest BCUT2D eigenvalue weighted by atomic mass is 10.0. The Morgan fingerprint density at radius 2 is 2.13 bits per heavy atom. The highest BCUT2D eigenvalue weighted by atomic mass is 32.2. The predicted molar refractivity (Wildman–Crippen MR) is 141 cm³/mol. The minimum Gasteiger partial charge on any atom is -0.493 e. The van der Waals surface area contributed by atoms with Gasteiger partial charge in [0, 0.05) is 38.1 Å². The number of anilines is 2. The monoisotopic (exact) mass is 565 g/mol. The van der Waals surface area contributed by atoms with Gasteiger partial charge in [-0.1, -0.05) is 5.92 Å². The van der Waals surface area contributed by atoms with E-state index in [9.17, 15) is 22.4 Å². The van der Waals surface area contributed by atoms with Crippen LogP contribution in [0.1, 0.15) is 22.6 Å². The lowest BCUT2D eigenvalue weighted by Crippen LogP contribution is -2.46. The molecule has 1 saturated heterocycles. The fraction of sp³-hybridized carbons (Fsp3) is 0.400. The van der Waals surface area contributed by atoms with Gasteiger partial charge in [-0.15, -0.1) is 0 Å². The van der Waals surface area contributed by atoms with Crippen LogP contribution in [-0.2, 0) is 0 Å².